The summed E-state index contributed by atoms with van der Waals surface area (Å²) in [6, 6.07) is 34.5. The predicted molar refractivity (Wildman–Crippen MR) is 133 cm³/mol. The van der Waals surface area contributed by atoms with Gasteiger partial charge < -0.3 is 4.42 Å². The van der Waals surface area contributed by atoms with Gasteiger partial charge in [0.15, 0.2) is 0 Å². The van der Waals surface area contributed by atoms with Gasteiger partial charge in [-0.05, 0) is 65.5 Å². The van der Waals surface area contributed by atoms with E-state index in [2.05, 4.69) is 103 Å². The van der Waals surface area contributed by atoms with Crippen LogP contribution in [0, 0.1) is 0 Å². The summed E-state index contributed by atoms with van der Waals surface area (Å²) in [6.45, 7) is 0. The summed E-state index contributed by atoms with van der Waals surface area (Å²) in [5.74, 6) is 0.667. The first-order valence-corrected chi connectivity index (χ1v) is 11.5. The van der Waals surface area contributed by atoms with Crippen molar-refractivity contribution in [1.82, 2.24) is 0 Å². The number of allylic oxidation sites excluding steroid dienone is 3. The molecule has 1 heteroatoms. The molecule has 5 rings (SSSR count). The molecule has 1 nitrogen and oxygen atoms in total. The van der Waals surface area contributed by atoms with Gasteiger partial charge in [-0.2, -0.15) is 0 Å². The normalized spacial score (nSPS) is 17.0. The Bertz CT molecular complexity index is 1170. The number of benzene rings is 3. The Labute approximate surface area is 190 Å². The fraction of sp³-hybridized carbons (Fsp3) is 0.161. The van der Waals surface area contributed by atoms with Crippen molar-refractivity contribution in [2.24, 2.45) is 0 Å². The highest BCUT2D eigenvalue weighted by atomic mass is 16.3. The van der Waals surface area contributed by atoms with Crippen molar-refractivity contribution in [3.63, 3.8) is 0 Å². The van der Waals surface area contributed by atoms with E-state index in [1.165, 1.54) is 46.3 Å². The molecule has 0 atom stereocenters. The summed E-state index contributed by atoms with van der Waals surface area (Å²) in [5, 5.41) is 0. The molecule has 1 heterocycles. The van der Waals surface area contributed by atoms with E-state index < -0.39 is 0 Å². The molecule has 32 heavy (non-hydrogen) atoms. The van der Waals surface area contributed by atoms with Gasteiger partial charge in [-0.15, -0.1) is 0 Å². The summed E-state index contributed by atoms with van der Waals surface area (Å²) >= 11 is 0. The van der Waals surface area contributed by atoms with Gasteiger partial charge in [-0.1, -0.05) is 103 Å². The lowest BCUT2D eigenvalue weighted by atomic mass is 9.80. The van der Waals surface area contributed by atoms with Gasteiger partial charge in [0.05, 0.1) is 12.5 Å². The summed E-state index contributed by atoms with van der Waals surface area (Å²) < 4.78 is 5.50. The van der Waals surface area contributed by atoms with Crippen LogP contribution in [0.1, 0.15) is 53.9 Å². The lowest BCUT2D eigenvalue weighted by Crippen LogP contribution is -2.07. The maximum Gasteiger partial charge on any atom is 0.0981 e. The Kier molecular flexibility index (Phi) is 6.16. The Morgan fingerprint density at radius 1 is 0.656 bits per heavy atom. The van der Waals surface area contributed by atoms with Gasteiger partial charge in [-0.3, -0.25) is 0 Å². The molecular weight excluding hydrogens is 388 g/mol. The standard InChI is InChI=1S/C31H28O/c1-4-10-25(11-5-1)26-18-16-24(17-19-26)22-30(27-12-6-2-7-13-27)31(29-20-21-32-23-29)28-14-8-3-9-15-28/h1-15,20-23,26H,16-19H2/b24-22?,31-30+. The van der Waals surface area contributed by atoms with Crippen LogP contribution in [0.15, 0.2) is 126 Å². The highest BCUT2D eigenvalue weighted by Crippen LogP contribution is 2.39. The van der Waals surface area contributed by atoms with Gasteiger partial charge in [0.2, 0.25) is 0 Å². The Hall–Kier alpha value is -3.58. The van der Waals surface area contributed by atoms with E-state index in [-0.39, 0.29) is 0 Å². The molecule has 1 saturated carbocycles. The van der Waals surface area contributed by atoms with Gasteiger partial charge >= 0.3 is 0 Å². The molecule has 0 amide bonds. The van der Waals surface area contributed by atoms with Gasteiger partial charge in [0, 0.05) is 5.56 Å². The average molecular weight is 417 g/mol. The molecule has 0 radical (unpaired) electrons. The first-order valence-electron chi connectivity index (χ1n) is 11.5. The Morgan fingerprint density at radius 3 is 1.84 bits per heavy atom. The predicted octanol–water partition coefficient (Wildman–Crippen LogP) is 8.52. The molecule has 0 bridgehead atoms. The van der Waals surface area contributed by atoms with Crippen LogP contribution in [0.25, 0.3) is 11.1 Å². The molecule has 1 fully saturated rings. The van der Waals surface area contributed by atoms with Gasteiger partial charge in [-0.25, -0.2) is 0 Å². The van der Waals surface area contributed by atoms with Crippen molar-refractivity contribution >= 4 is 11.1 Å². The van der Waals surface area contributed by atoms with Crippen LogP contribution in [0.4, 0.5) is 0 Å². The first kappa shape index (κ1) is 20.3. The van der Waals surface area contributed by atoms with Crippen molar-refractivity contribution in [2.75, 3.05) is 0 Å². The van der Waals surface area contributed by atoms with E-state index in [1.807, 2.05) is 6.26 Å². The molecule has 0 aliphatic heterocycles. The number of rotatable bonds is 5. The second-order valence-corrected chi connectivity index (χ2v) is 8.52. The maximum absolute atomic E-state index is 5.50. The fourth-order valence-corrected chi connectivity index (χ4v) is 4.80. The zero-order valence-corrected chi connectivity index (χ0v) is 18.3. The number of hydrogen-bond acceptors (Lipinski definition) is 1. The molecule has 4 aromatic rings. The van der Waals surface area contributed by atoms with E-state index in [1.54, 1.807) is 6.26 Å². The van der Waals surface area contributed by atoms with E-state index in [0.29, 0.717) is 5.92 Å². The minimum Gasteiger partial charge on any atom is -0.472 e. The van der Waals surface area contributed by atoms with Crippen LogP contribution >= 0.6 is 0 Å². The number of hydrogen-bond donors (Lipinski definition) is 0. The van der Waals surface area contributed by atoms with Crippen molar-refractivity contribution in [3.05, 3.63) is 143 Å². The summed E-state index contributed by atoms with van der Waals surface area (Å²) in [6.07, 6.45) is 10.8. The van der Waals surface area contributed by atoms with E-state index >= 15 is 0 Å². The van der Waals surface area contributed by atoms with Gasteiger partial charge in [0.1, 0.15) is 0 Å². The Morgan fingerprint density at radius 2 is 1.25 bits per heavy atom. The smallest absolute Gasteiger partial charge is 0.0981 e. The molecule has 0 spiro atoms. The van der Waals surface area contributed by atoms with Gasteiger partial charge in [0.25, 0.3) is 0 Å². The van der Waals surface area contributed by atoms with Crippen LogP contribution in [-0.2, 0) is 0 Å². The molecule has 1 aromatic heterocycles. The third-order valence-electron chi connectivity index (χ3n) is 6.47. The van der Waals surface area contributed by atoms with E-state index in [0.717, 1.165) is 18.4 Å². The van der Waals surface area contributed by atoms with Crippen molar-refractivity contribution in [2.45, 2.75) is 31.6 Å². The van der Waals surface area contributed by atoms with Crippen LogP contribution < -0.4 is 0 Å². The SMILES string of the molecule is C(=C1CCC(c2ccccc2)CC1)/C(=C(/c1ccccc1)c1ccoc1)c1ccccc1. The third kappa shape index (κ3) is 4.53. The topological polar surface area (TPSA) is 13.1 Å². The highest BCUT2D eigenvalue weighted by molar-refractivity contribution is 6.02. The van der Waals surface area contributed by atoms with Crippen LogP contribution in [0.5, 0.6) is 0 Å². The Balaban J connectivity index is 1.56. The average Bonchev–Trinajstić information content (AvgIpc) is 3.40. The van der Waals surface area contributed by atoms with Crippen molar-refractivity contribution in [1.29, 1.82) is 0 Å². The van der Waals surface area contributed by atoms with Crippen LogP contribution in [0.3, 0.4) is 0 Å². The zero-order chi connectivity index (χ0) is 21.6. The third-order valence-corrected chi connectivity index (χ3v) is 6.47. The highest BCUT2D eigenvalue weighted by Gasteiger charge is 2.20. The molecule has 158 valence electrons. The minimum absolute atomic E-state index is 0.667. The fourth-order valence-electron chi connectivity index (χ4n) is 4.80. The van der Waals surface area contributed by atoms with Crippen LogP contribution in [0.2, 0.25) is 0 Å². The van der Waals surface area contributed by atoms with E-state index in [4.69, 9.17) is 4.42 Å². The lowest BCUT2D eigenvalue weighted by Gasteiger charge is -2.25. The molecule has 0 N–H and O–H groups in total. The number of furan rings is 1. The minimum atomic E-state index is 0.667. The maximum atomic E-state index is 5.50. The molecular formula is C31H28O. The monoisotopic (exact) mass is 416 g/mol. The zero-order valence-electron chi connectivity index (χ0n) is 18.3. The lowest BCUT2D eigenvalue weighted by molar-refractivity contribution is 0.517. The second kappa shape index (κ2) is 9.70. The molecule has 1 aliphatic rings. The second-order valence-electron chi connectivity index (χ2n) is 8.52. The molecule has 0 saturated heterocycles. The quantitative estimate of drug-likeness (QED) is 0.297. The van der Waals surface area contributed by atoms with Crippen LogP contribution in [-0.4, -0.2) is 0 Å². The van der Waals surface area contributed by atoms with Crippen molar-refractivity contribution in [3.8, 4) is 0 Å². The molecule has 1 aliphatic carbocycles. The molecule has 0 unspecified atom stereocenters. The first-order chi connectivity index (χ1) is 15.9. The largest absolute Gasteiger partial charge is 0.472 e. The van der Waals surface area contributed by atoms with E-state index in [9.17, 15) is 0 Å². The summed E-state index contributed by atoms with van der Waals surface area (Å²) in [5.41, 5.74) is 9.08. The summed E-state index contributed by atoms with van der Waals surface area (Å²) in [4.78, 5) is 0. The summed E-state index contributed by atoms with van der Waals surface area (Å²) in [7, 11) is 0. The van der Waals surface area contributed by atoms with Crippen molar-refractivity contribution < 1.29 is 4.42 Å². The molecule has 3 aromatic carbocycles.